The van der Waals surface area contributed by atoms with Crippen LogP contribution < -0.4 is 4.90 Å². The lowest BCUT2D eigenvalue weighted by molar-refractivity contribution is 0.193. The molecular weight excluding hydrogens is 266 g/mol. The number of amides is 2. The first-order chi connectivity index (χ1) is 10.3. The van der Waals surface area contributed by atoms with E-state index in [1.807, 2.05) is 34.1 Å². The second kappa shape index (κ2) is 6.16. The number of piperidine rings is 1. The summed E-state index contributed by atoms with van der Waals surface area (Å²) in [4.78, 5) is 16.6. The van der Waals surface area contributed by atoms with Gasteiger partial charge in [0.15, 0.2) is 0 Å². The fraction of sp³-hybridized carbons (Fsp3) is 0.500. The molecule has 0 spiro atoms. The van der Waals surface area contributed by atoms with Crippen molar-refractivity contribution in [3.8, 4) is 0 Å². The van der Waals surface area contributed by atoms with Gasteiger partial charge in [-0.05, 0) is 38.2 Å². The van der Waals surface area contributed by atoms with E-state index in [2.05, 4.69) is 5.16 Å². The van der Waals surface area contributed by atoms with E-state index < -0.39 is 0 Å². The molecule has 0 atom stereocenters. The number of para-hydroxylation sites is 1. The number of urea groups is 1. The maximum atomic E-state index is 12.8. The van der Waals surface area contributed by atoms with Crippen LogP contribution in [0.3, 0.4) is 0 Å². The smallest absolute Gasteiger partial charge is 0.324 e. The van der Waals surface area contributed by atoms with Crippen LogP contribution in [0.15, 0.2) is 29.4 Å². The van der Waals surface area contributed by atoms with Gasteiger partial charge in [-0.3, -0.25) is 4.90 Å². The molecule has 21 heavy (non-hydrogen) atoms. The van der Waals surface area contributed by atoms with Crippen LogP contribution in [0.5, 0.6) is 0 Å². The molecule has 0 radical (unpaired) electrons. The third kappa shape index (κ3) is 2.73. The largest absolute Gasteiger partial charge is 0.411 e. The summed E-state index contributed by atoms with van der Waals surface area (Å²) in [6.45, 7) is 2.36. The zero-order chi connectivity index (χ0) is 14.7. The van der Waals surface area contributed by atoms with Gasteiger partial charge < -0.3 is 10.1 Å². The molecule has 3 rings (SSSR count). The molecule has 5 heteroatoms. The van der Waals surface area contributed by atoms with Gasteiger partial charge >= 0.3 is 6.03 Å². The van der Waals surface area contributed by atoms with E-state index in [1.54, 1.807) is 0 Å². The van der Waals surface area contributed by atoms with Crippen molar-refractivity contribution in [3.63, 3.8) is 0 Å². The van der Waals surface area contributed by atoms with Crippen LogP contribution in [0.4, 0.5) is 10.5 Å². The van der Waals surface area contributed by atoms with E-state index in [4.69, 9.17) is 0 Å². The monoisotopic (exact) mass is 287 g/mol. The summed E-state index contributed by atoms with van der Waals surface area (Å²) in [5, 5.41) is 12.6. The van der Waals surface area contributed by atoms with E-state index in [1.165, 1.54) is 6.42 Å². The quantitative estimate of drug-likeness (QED) is 0.589. The molecule has 0 aliphatic carbocycles. The number of hydrogen-bond donors (Lipinski definition) is 1. The number of benzene rings is 1. The summed E-state index contributed by atoms with van der Waals surface area (Å²) >= 11 is 0. The molecule has 0 saturated carbocycles. The summed E-state index contributed by atoms with van der Waals surface area (Å²) in [6.07, 6.45) is 4.89. The van der Waals surface area contributed by atoms with E-state index in [-0.39, 0.29) is 6.03 Å². The van der Waals surface area contributed by atoms with Crippen LogP contribution >= 0.6 is 0 Å². The van der Waals surface area contributed by atoms with Crippen LogP contribution in [0.2, 0.25) is 0 Å². The lowest BCUT2D eigenvalue weighted by atomic mass is 10.1. The SMILES string of the molecule is O=C(N1CCCCC1)N1CCC/C(=N/O)c2ccccc21. The van der Waals surface area contributed by atoms with Gasteiger partial charge in [-0.15, -0.1) is 0 Å². The average Bonchev–Trinajstić information content (AvgIpc) is 2.74. The second-order valence-corrected chi connectivity index (χ2v) is 5.65. The lowest BCUT2D eigenvalue weighted by Gasteiger charge is -2.33. The van der Waals surface area contributed by atoms with Crippen LogP contribution in [0.25, 0.3) is 0 Å². The van der Waals surface area contributed by atoms with Crippen LogP contribution in [-0.2, 0) is 0 Å². The van der Waals surface area contributed by atoms with Gasteiger partial charge in [0.25, 0.3) is 0 Å². The maximum absolute atomic E-state index is 12.8. The Morgan fingerprint density at radius 1 is 1.05 bits per heavy atom. The highest BCUT2D eigenvalue weighted by atomic mass is 16.4. The molecule has 2 heterocycles. The van der Waals surface area contributed by atoms with Gasteiger partial charge in [-0.1, -0.05) is 23.4 Å². The first kappa shape index (κ1) is 13.9. The minimum absolute atomic E-state index is 0.0846. The molecule has 2 amide bonds. The van der Waals surface area contributed by atoms with Crippen molar-refractivity contribution in [3.05, 3.63) is 29.8 Å². The van der Waals surface area contributed by atoms with Crippen LogP contribution in [0, 0.1) is 0 Å². The molecule has 1 aromatic rings. The molecule has 1 saturated heterocycles. The predicted molar refractivity (Wildman–Crippen MR) is 82.2 cm³/mol. The van der Waals surface area contributed by atoms with Crippen molar-refractivity contribution in [1.29, 1.82) is 0 Å². The van der Waals surface area contributed by atoms with Crippen molar-refractivity contribution in [2.75, 3.05) is 24.5 Å². The molecule has 0 unspecified atom stereocenters. The minimum Gasteiger partial charge on any atom is -0.411 e. The van der Waals surface area contributed by atoms with Gasteiger partial charge in [0.1, 0.15) is 0 Å². The van der Waals surface area contributed by atoms with Gasteiger partial charge in [-0.25, -0.2) is 4.79 Å². The summed E-state index contributed by atoms with van der Waals surface area (Å²) < 4.78 is 0. The number of carbonyl (C=O) groups excluding carboxylic acids is 1. The Kier molecular flexibility index (Phi) is 4.08. The van der Waals surface area contributed by atoms with Crippen LogP contribution in [-0.4, -0.2) is 41.5 Å². The number of carbonyl (C=O) groups is 1. The molecule has 2 aliphatic heterocycles. The molecule has 0 bridgehead atoms. The van der Waals surface area contributed by atoms with E-state index in [0.29, 0.717) is 18.7 Å². The summed E-state index contributed by atoms with van der Waals surface area (Å²) in [5.41, 5.74) is 2.39. The van der Waals surface area contributed by atoms with Crippen LogP contribution in [0.1, 0.15) is 37.7 Å². The Morgan fingerprint density at radius 2 is 1.81 bits per heavy atom. The first-order valence-electron chi connectivity index (χ1n) is 7.68. The van der Waals surface area contributed by atoms with Gasteiger partial charge in [-0.2, -0.15) is 0 Å². The Hall–Kier alpha value is -2.04. The highest BCUT2D eigenvalue weighted by Crippen LogP contribution is 2.28. The molecule has 1 N–H and O–H groups in total. The fourth-order valence-electron chi connectivity index (χ4n) is 3.17. The molecular formula is C16H21N3O2. The summed E-state index contributed by atoms with van der Waals surface area (Å²) in [6, 6.07) is 7.79. The number of oxime groups is 1. The summed E-state index contributed by atoms with van der Waals surface area (Å²) in [7, 11) is 0. The number of hydrogen-bond acceptors (Lipinski definition) is 3. The molecule has 1 aromatic carbocycles. The topological polar surface area (TPSA) is 56.1 Å². The molecule has 112 valence electrons. The number of likely N-dealkylation sites (tertiary alicyclic amines) is 1. The van der Waals surface area contributed by atoms with E-state index in [0.717, 1.165) is 43.6 Å². The van der Waals surface area contributed by atoms with Gasteiger partial charge in [0, 0.05) is 25.2 Å². The van der Waals surface area contributed by atoms with Crippen molar-refractivity contribution < 1.29 is 10.0 Å². The molecule has 5 nitrogen and oxygen atoms in total. The average molecular weight is 287 g/mol. The highest BCUT2D eigenvalue weighted by Gasteiger charge is 2.28. The van der Waals surface area contributed by atoms with Crippen molar-refractivity contribution in [1.82, 2.24) is 4.90 Å². The molecule has 0 aromatic heterocycles. The van der Waals surface area contributed by atoms with Crippen molar-refractivity contribution >= 4 is 17.4 Å². The maximum Gasteiger partial charge on any atom is 0.324 e. The van der Waals surface area contributed by atoms with Gasteiger partial charge in [0.05, 0.1) is 11.4 Å². The van der Waals surface area contributed by atoms with Crippen molar-refractivity contribution in [2.24, 2.45) is 5.16 Å². The first-order valence-corrected chi connectivity index (χ1v) is 7.68. The fourth-order valence-corrected chi connectivity index (χ4v) is 3.17. The van der Waals surface area contributed by atoms with E-state index >= 15 is 0 Å². The standard InChI is InChI=1S/C16H21N3O2/c20-16(18-10-4-1-5-11-18)19-12-6-8-14(17-21)13-7-2-3-9-15(13)19/h2-3,7,9,21H,1,4-6,8,10-12H2/b17-14-. The van der Waals surface area contributed by atoms with E-state index in [9.17, 15) is 10.0 Å². The number of nitrogens with zero attached hydrogens (tertiary/aromatic N) is 3. The summed E-state index contributed by atoms with van der Waals surface area (Å²) in [5.74, 6) is 0. The minimum atomic E-state index is 0.0846. The Morgan fingerprint density at radius 3 is 2.57 bits per heavy atom. The Labute approximate surface area is 124 Å². The lowest BCUT2D eigenvalue weighted by Crippen LogP contribution is -2.46. The molecule has 2 aliphatic rings. The Bertz CT molecular complexity index is 550. The molecule has 1 fully saturated rings. The zero-order valence-electron chi connectivity index (χ0n) is 12.2. The third-order valence-electron chi connectivity index (χ3n) is 4.28. The number of rotatable bonds is 0. The van der Waals surface area contributed by atoms with Crippen molar-refractivity contribution in [2.45, 2.75) is 32.1 Å². The number of anilines is 1. The number of fused-ring (bicyclic) bond motifs is 1. The highest BCUT2D eigenvalue weighted by molar-refractivity contribution is 6.08. The van der Waals surface area contributed by atoms with Gasteiger partial charge in [0.2, 0.25) is 0 Å². The zero-order valence-corrected chi connectivity index (χ0v) is 12.2. The predicted octanol–water partition coefficient (Wildman–Crippen LogP) is 3.07. The Balaban J connectivity index is 1.92. The normalized spacial score (nSPS) is 21.0. The third-order valence-corrected chi connectivity index (χ3v) is 4.28. The second-order valence-electron chi connectivity index (χ2n) is 5.65.